The molecular formula is C23H32N4O5. The minimum Gasteiger partial charge on any atom is -0.444 e. The van der Waals surface area contributed by atoms with Crippen LogP contribution < -0.4 is 16.1 Å². The Kier molecular flexibility index (Phi) is 8.04. The first kappa shape index (κ1) is 24.9. The molecule has 2 rings (SSSR count). The number of hydrogen-bond donors (Lipinski definition) is 3. The topological polar surface area (TPSA) is 111 Å². The summed E-state index contributed by atoms with van der Waals surface area (Å²) in [4.78, 5) is 37.8. The summed E-state index contributed by atoms with van der Waals surface area (Å²) in [5.41, 5.74) is 2.22. The molecule has 174 valence electrons. The summed E-state index contributed by atoms with van der Waals surface area (Å²) in [5.74, 6) is -0.964. The number of rotatable bonds is 7. The number of nitrogens with one attached hydrogen (secondary N) is 3. The summed E-state index contributed by atoms with van der Waals surface area (Å²) in [6, 6.07) is 11.1. The van der Waals surface area contributed by atoms with Gasteiger partial charge in [-0.3, -0.25) is 19.7 Å². The third kappa shape index (κ3) is 8.43. The zero-order valence-electron chi connectivity index (χ0n) is 19.4. The van der Waals surface area contributed by atoms with E-state index >= 15 is 0 Å². The van der Waals surface area contributed by atoms with Crippen LogP contribution in [0.25, 0.3) is 0 Å². The SMILES string of the molecule is CC(C)(C)OC[C@@H](NC(=O)OC(C)(C)C)C(=O)Nn1cccc1C(=O)Nc1ccccc1. The molecule has 1 aromatic heterocycles. The van der Waals surface area contributed by atoms with E-state index in [2.05, 4.69) is 16.1 Å². The van der Waals surface area contributed by atoms with E-state index in [9.17, 15) is 14.4 Å². The molecule has 0 fully saturated rings. The van der Waals surface area contributed by atoms with Crippen LogP contribution in [0.3, 0.4) is 0 Å². The van der Waals surface area contributed by atoms with E-state index < -0.39 is 35.2 Å². The van der Waals surface area contributed by atoms with Gasteiger partial charge in [-0.05, 0) is 65.8 Å². The molecule has 0 saturated heterocycles. The second kappa shape index (κ2) is 10.3. The molecule has 1 atom stereocenters. The Morgan fingerprint density at radius 1 is 0.938 bits per heavy atom. The van der Waals surface area contributed by atoms with Crippen LogP contribution in [0.4, 0.5) is 10.5 Å². The lowest BCUT2D eigenvalue weighted by Crippen LogP contribution is -2.50. The van der Waals surface area contributed by atoms with Crippen LogP contribution in [0.1, 0.15) is 52.0 Å². The van der Waals surface area contributed by atoms with Crippen LogP contribution in [0, 0.1) is 0 Å². The molecule has 2 aromatic rings. The van der Waals surface area contributed by atoms with Crippen molar-refractivity contribution >= 4 is 23.6 Å². The number of para-hydroxylation sites is 1. The summed E-state index contributed by atoms with van der Waals surface area (Å²) >= 11 is 0. The molecule has 1 aromatic carbocycles. The van der Waals surface area contributed by atoms with E-state index in [1.54, 1.807) is 57.2 Å². The van der Waals surface area contributed by atoms with Crippen molar-refractivity contribution in [3.8, 4) is 0 Å². The molecule has 0 bridgehead atoms. The number of amides is 3. The summed E-state index contributed by atoms with van der Waals surface area (Å²) < 4.78 is 12.3. The molecule has 0 aliphatic carbocycles. The smallest absolute Gasteiger partial charge is 0.408 e. The fourth-order valence-corrected chi connectivity index (χ4v) is 2.54. The Bertz CT molecular complexity index is 926. The first-order valence-electron chi connectivity index (χ1n) is 10.3. The van der Waals surface area contributed by atoms with Gasteiger partial charge < -0.3 is 20.1 Å². The average molecular weight is 445 g/mol. The fraction of sp³-hybridized carbons (Fsp3) is 0.435. The molecule has 0 radical (unpaired) electrons. The summed E-state index contributed by atoms with van der Waals surface area (Å²) in [7, 11) is 0. The normalized spacial score (nSPS) is 12.6. The lowest BCUT2D eigenvalue weighted by Gasteiger charge is -2.26. The Balaban J connectivity index is 2.12. The number of nitrogens with zero attached hydrogens (tertiary/aromatic N) is 1. The van der Waals surface area contributed by atoms with Gasteiger partial charge in [-0.15, -0.1) is 0 Å². The van der Waals surface area contributed by atoms with Gasteiger partial charge in [-0.25, -0.2) is 4.79 Å². The largest absolute Gasteiger partial charge is 0.444 e. The summed E-state index contributed by atoms with van der Waals surface area (Å²) in [5, 5.41) is 5.30. The molecule has 1 heterocycles. The van der Waals surface area contributed by atoms with E-state index in [0.29, 0.717) is 5.69 Å². The zero-order valence-corrected chi connectivity index (χ0v) is 19.4. The number of ether oxygens (including phenoxy) is 2. The van der Waals surface area contributed by atoms with Crippen molar-refractivity contribution in [2.75, 3.05) is 17.3 Å². The van der Waals surface area contributed by atoms with Crippen molar-refractivity contribution in [2.45, 2.75) is 58.8 Å². The minimum atomic E-state index is -1.04. The van der Waals surface area contributed by atoms with Crippen LogP contribution in [-0.2, 0) is 14.3 Å². The molecule has 0 aliphatic rings. The molecule has 3 N–H and O–H groups in total. The van der Waals surface area contributed by atoms with Crippen molar-refractivity contribution in [2.24, 2.45) is 0 Å². The van der Waals surface area contributed by atoms with Crippen molar-refractivity contribution in [1.82, 2.24) is 9.99 Å². The van der Waals surface area contributed by atoms with Crippen LogP contribution in [0.2, 0.25) is 0 Å². The predicted molar refractivity (Wildman–Crippen MR) is 122 cm³/mol. The Morgan fingerprint density at radius 3 is 2.19 bits per heavy atom. The second-order valence-electron chi connectivity index (χ2n) is 9.18. The highest BCUT2D eigenvalue weighted by atomic mass is 16.6. The van der Waals surface area contributed by atoms with Crippen LogP contribution in [0.5, 0.6) is 0 Å². The van der Waals surface area contributed by atoms with Gasteiger partial charge in [-0.1, -0.05) is 18.2 Å². The van der Waals surface area contributed by atoms with Gasteiger partial charge in [0.15, 0.2) is 0 Å². The molecule has 0 aliphatic heterocycles. The number of anilines is 1. The number of carbonyl (C=O) groups is 3. The Hall–Kier alpha value is -3.33. The molecule has 9 heteroatoms. The van der Waals surface area contributed by atoms with E-state index in [-0.39, 0.29) is 12.3 Å². The van der Waals surface area contributed by atoms with Gasteiger partial charge in [0.05, 0.1) is 12.2 Å². The lowest BCUT2D eigenvalue weighted by molar-refractivity contribution is -0.122. The summed E-state index contributed by atoms with van der Waals surface area (Å²) in [6.45, 7) is 10.6. The molecule has 0 unspecified atom stereocenters. The van der Waals surface area contributed by atoms with Gasteiger partial charge in [0.1, 0.15) is 17.3 Å². The van der Waals surface area contributed by atoms with Gasteiger partial charge in [-0.2, -0.15) is 0 Å². The third-order valence-electron chi connectivity index (χ3n) is 3.93. The zero-order chi connectivity index (χ0) is 23.9. The van der Waals surface area contributed by atoms with Gasteiger partial charge in [0.2, 0.25) is 0 Å². The number of benzene rings is 1. The monoisotopic (exact) mass is 444 g/mol. The van der Waals surface area contributed by atoms with Crippen molar-refractivity contribution in [3.63, 3.8) is 0 Å². The number of carbonyl (C=O) groups excluding carboxylic acids is 3. The number of alkyl carbamates (subject to hydrolysis) is 1. The van der Waals surface area contributed by atoms with E-state index in [1.807, 2.05) is 26.8 Å². The van der Waals surface area contributed by atoms with Gasteiger partial charge >= 0.3 is 6.09 Å². The predicted octanol–water partition coefficient (Wildman–Crippen LogP) is 3.52. The molecule has 32 heavy (non-hydrogen) atoms. The van der Waals surface area contributed by atoms with Crippen LogP contribution in [0.15, 0.2) is 48.7 Å². The van der Waals surface area contributed by atoms with Gasteiger partial charge in [0.25, 0.3) is 11.8 Å². The first-order chi connectivity index (χ1) is 14.8. The fourth-order valence-electron chi connectivity index (χ4n) is 2.54. The van der Waals surface area contributed by atoms with Crippen LogP contribution in [-0.4, -0.2) is 46.4 Å². The van der Waals surface area contributed by atoms with Crippen LogP contribution >= 0.6 is 0 Å². The lowest BCUT2D eigenvalue weighted by atomic mass is 10.2. The van der Waals surface area contributed by atoms with Crippen molar-refractivity contribution in [3.05, 3.63) is 54.4 Å². The van der Waals surface area contributed by atoms with Crippen molar-refractivity contribution < 1.29 is 23.9 Å². The molecular weight excluding hydrogens is 412 g/mol. The first-order valence-corrected chi connectivity index (χ1v) is 10.3. The van der Waals surface area contributed by atoms with E-state index in [4.69, 9.17) is 9.47 Å². The maximum absolute atomic E-state index is 12.9. The quantitative estimate of drug-likeness (QED) is 0.605. The Morgan fingerprint density at radius 2 is 1.59 bits per heavy atom. The third-order valence-corrected chi connectivity index (χ3v) is 3.93. The second-order valence-corrected chi connectivity index (χ2v) is 9.18. The highest BCUT2D eigenvalue weighted by molar-refractivity contribution is 6.04. The van der Waals surface area contributed by atoms with Gasteiger partial charge in [0, 0.05) is 11.9 Å². The minimum absolute atomic E-state index is 0.0820. The highest BCUT2D eigenvalue weighted by Gasteiger charge is 2.27. The van der Waals surface area contributed by atoms with Crippen molar-refractivity contribution in [1.29, 1.82) is 0 Å². The highest BCUT2D eigenvalue weighted by Crippen LogP contribution is 2.11. The average Bonchev–Trinajstić information content (AvgIpc) is 3.12. The summed E-state index contributed by atoms with van der Waals surface area (Å²) in [6.07, 6.45) is 0.789. The maximum atomic E-state index is 12.9. The number of aromatic nitrogens is 1. The molecule has 3 amide bonds. The molecule has 0 spiro atoms. The Labute approximate surface area is 188 Å². The molecule has 9 nitrogen and oxygen atoms in total. The maximum Gasteiger partial charge on any atom is 0.408 e. The number of hydrogen-bond acceptors (Lipinski definition) is 5. The van der Waals surface area contributed by atoms with E-state index in [1.165, 1.54) is 10.9 Å². The molecule has 0 saturated carbocycles. The standard InChI is InChI=1S/C23H32N4O5/c1-22(2,3)31-15-17(25-21(30)32-23(4,5)6)19(28)26-27-14-10-13-18(27)20(29)24-16-11-8-7-9-12-16/h7-14,17H,15H2,1-6H3,(H,24,29)(H,25,30)(H,26,28)/t17-/m1/s1. The van der Waals surface area contributed by atoms with E-state index in [0.717, 1.165) is 0 Å².